The number of amides is 1. The second kappa shape index (κ2) is 5.29. The van der Waals surface area contributed by atoms with Gasteiger partial charge in [0.05, 0.1) is 10.6 Å². The first kappa shape index (κ1) is 14.0. The summed E-state index contributed by atoms with van der Waals surface area (Å²) in [5.74, 6) is 0.105. The van der Waals surface area contributed by atoms with Gasteiger partial charge in [-0.25, -0.2) is 0 Å². The van der Waals surface area contributed by atoms with Gasteiger partial charge < -0.3 is 15.1 Å². The van der Waals surface area contributed by atoms with Crippen LogP contribution < -0.4 is 0 Å². The number of rotatable bonds is 2. The van der Waals surface area contributed by atoms with Crippen LogP contribution in [0.3, 0.4) is 0 Å². The molecule has 104 valence electrons. The van der Waals surface area contributed by atoms with Crippen LogP contribution in [-0.2, 0) is 0 Å². The number of halogens is 1. The first-order valence-electron chi connectivity index (χ1n) is 6.41. The summed E-state index contributed by atoms with van der Waals surface area (Å²) in [4.78, 5) is 14.1. The number of phenols is 2. The number of aromatic hydroxyl groups is 2. The third kappa shape index (κ3) is 2.63. The van der Waals surface area contributed by atoms with E-state index in [-0.39, 0.29) is 22.2 Å². The van der Waals surface area contributed by atoms with Crippen molar-refractivity contribution in [2.75, 3.05) is 13.1 Å². The lowest BCUT2D eigenvalue weighted by Crippen LogP contribution is -2.29. The van der Waals surface area contributed by atoms with Crippen LogP contribution in [0.15, 0.2) is 12.1 Å². The lowest BCUT2D eigenvalue weighted by Gasteiger charge is -2.19. The van der Waals surface area contributed by atoms with Crippen LogP contribution in [0.1, 0.15) is 30.6 Å². The zero-order chi connectivity index (χ0) is 14.2. The van der Waals surface area contributed by atoms with E-state index in [0.717, 1.165) is 6.42 Å². The zero-order valence-corrected chi connectivity index (χ0v) is 11.8. The van der Waals surface area contributed by atoms with Crippen molar-refractivity contribution in [2.45, 2.75) is 20.3 Å². The third-order valence-electron chi connectivity index (χ3n) is 3.78. The van der Waals surface area contributed by atoms with Crippen molar-refractivity contribution < 1.29 is 15.0 Å². The summed E-state index contributed by atoms with van der Waals surface area (Å²) in [6.07, 6.45) is 0.991. The van der Waals surface area contributed by atoms with Gasteiger partial charge in [0, 0.05) is 13.1 Å². The number of phenolic OH excluding ortho intramolecular Hbond substituents is 2. The zero-order valence-electron chi connectivity index (χ0n) is 11.1. The first-order valence-corrected chi connectivity index (χ1v) is 6.79. The Balaban J connectivity index is 2.20. The Labute approximate surface area is 117 Å². The predicted molar refractivity (Wildman–Crippen MR) is 73.6 cm³/mol. The molecule has 1 aromatic carbocycles. The molecular formula is C14H18ClNO3. The Morgan fingerprint density at radius 1 is 1.42 bits per heavy atom. The van der Waals surface area contributed by atoms with Crippen LogP contribution in [0.25, 0.3) is 0 Å². The Morgan fingerprint density at radius 2 is 2.11 bits per heavy atom. The maximum Gasteiger partial charge on any atom is 0.255 e. The largest absolute Gasteiger partial charge is 0.504 e. The summed E-state index contributed by atoms with van der Waals surface area (Å²) in [5.41, 5.74) is 0.237. The van der Waals surface area contributed by atoms with Crippen LogP contribution in [-0.4, -0.2) is 34.1 Å². The number of hydrogen-bond donors (Lipinski definition) is 2. The van der Waals surface area contributed by atoms with Crippen LogP contribution in [0, 0.1) is 11.8 Å². The minimum Gasteiger partial charge on any atom is -0.504 e. The molecule has 0 aromatic heterocycles. The molecule has 0 aliphatic carbocycles. The molecular weight excluding hydrogens is 266 g/mol. The summed E-state index contributed by atoms with van der Waals surface area (Å²) in [5, 5.41) is 18.8. The van der Waals surface area contributed by atoms with Crippen molar-refractivity contribution in [1.82, 2.24) is 4.90 Å². The first-order chi connectivity index (χ1) is 8.91. The lowest BCUT2D eigenvalue weighted by molar-refractivity contribution is 0.0784. The molecule has 0 saturated carbocycles. The molecule has 4 nitrogen and oxygen atoms in total. The van der Waals surface area contributed by atoms with Gasteiger partial charge in [0.2, 0.25) is 0 Å². The maximum absolute atomic E-state index is 12.3. The molecule has 0 bridgehead atoms. The Morgan fingerprint density at radius 3 is 2.68 bits per heavy atom. The topological polar surface area (TPSA) is 60.8 Å². The fraction of sp³-hybridized carbons (Fsp3) is 0.500. The highest BCUT2D eigenvalue weighted by Gasteiger charge is 2.30. The number of likely N-dealkylation sites (tertiary alicyclic amines) is 1. The predicted octanol–water partition coefficient (Wildman–Crippen LogP) is 2.87. The molecule has 19 heavy (non-hydrogen) atoms. The summed E-state index contributed by atoms with van der Waals surface area (Å²) >= 11 is 5.91. The van der Waals surface area contributed by atoms with Crippen LogP contribution in [0.5, 0.6) is 11.5 Å². The van der Waals surface area contributed by atoms with E-state index in [0.29, 0.717) is 24.9 Å². The van der Waals surface area contributed by atoms with Gasteiger partial charge in [0.1, 0.15) is 0 Å². The Kier molecular flexibility index (Phi) is 3.90. The number of benzene rings is 1. The van der Waals surface area contributed by atoms with Crippen LogP contribution in [0.4, 0.5) is 0 Å². The van der Waals surface area contributed by atoms with Crippen molar-refractivity contribution in [3.05, 3.63) is 22.7 Å². The molecule has 1 aliphatic rings. The molecule has 2 N–H and O–H groups in total. The maximum atomic E-state index is 12.3. The fourth-order valence-corrected chi connectivity index (χ4v) is 2.65. The molecule has 1 aliphatic heterocycles. The van der Waals surface area contributed by atoms with E-state index in [4.69, 9.17) is 11.6 Å². The number of hydrogen-bond acceptors (Lipinski definition) is 3. The van der Waals surface area contributed by atoms with Crippen molar-refractivity contribution >= 4 is 17.5 Å². The molecule has 2 rings (SSSR count). The lowest BCUT2D eigenvalue weighted by atomic mass is 9.95. The smallest absolute Gasteiger partial charge is 0.255 e. The average Bonchev–Trinajstić information content (AvgIpc) is 2.85. The van der Waals surface area contributed by atoms with Gasteiger partial charge in [-0.3, -0.25) is 4.79 Å². The molecule has 1 amide bonds. The second-order valence-corrected chi connectivity index (χ2v) is 5.72. The molecule has 1 fully saturated rings. The van der Waals surface area contributed by atoms with Gasteiger partial charge in [-0.1, -0.05) is 25.4 Å². The summed E-state index contributed by atoms with van der Waals surface area (Å²) in [7, 11) is 0. The van der Waals surface area contributed by atoms with Crippen molar-refractivity contribution in [2.24, 2.45) is 11.8 Å². The number of nitrogens with zero attached hydrogens (tertiary/aromatic N) is 1. The minimum absolute atomic E-state index is 0.0852. The van der Waals surface area contributed by atoms with Gasteiger partial charge in [-0.2, -0.15) is 0 Å². The van der Waals surface area contributed by atoms with Gasteiger partial charge in [-0.15, -0.1) is 0 Å². The second-order valence-electron chi connectivity index (χ2n) is 5.34. The van der Waals surface area contributed by atoms with E-state index in [2.05, 4.69) is 13.8 Å². The normalized spacial score (nSPS) is 19.2. The average molecular weight is 284 g/mol. The van der Waals surface area contributed by atoms with E-state index >= 15 is 0 Å². The molecule has 1 heterocycles. The quantitative estimate of drug-likeness (QED) is 0.821. The van der Waals surface area contributed by atoms with E-state index in [1.807, 2.05) is 0 Å². The highest BCUT2D eigenvalue weighted by molar-refractivity contribution is 6.35. The fourth-order valence-electron chi connectivity index (χ4n) is 2.41. The standard InChI is InChI=1S/C14H18ClNO3/c1-8(2)9-5-6-16(7-9)14(19)10-3-4-11(17)13(18)12(10)15/h3-4,8-9,17-18H,5-7H2,1-2H3. The van der Waals surface area contributed by atoms with E-state index in [1.54, 1.807) is 4.90 Å². The summed E-state index contributed by atoms with van der Waals surface area (Å²) < 4.78 is 0. The van der Waals surface area contributed by atoms with E-state index < -0.39 is 5.75 Å². The van der Waals surface area contributed by atoms with Crippen molar-refractivity contribution in [1.29, 1.82) is 0 Å². The summed E-state index contributed by atoms with van der Waals surface area (Å²) in [6, 6.07) is 2.73. The summed E-state index contributed by atoms with van der Waals surface area (Å²) in [6.45, 7) is 5.73. The number of carbonyl (C=O) groups excluding carboxylic acids is 1. The number of carbonyl (C=O) groups is 1. The molecule has 5 heteroatoms. The Hall–Kier alpha value is -1.42. The SMILES string of the molecule is CC(C)C1CCN(C(=O)c2ccc(O)c(O)c2Cl)C1. The molecule has 1 atom stereocenters. The molecule has 0 radical (unpaired) electrons. The minimum atomic E-state index is -0.438. The monoisotopic (exact) mass is 283 g/mol. The van der Waals surface area contributed by atoms with Crippen molar-refractivity contribution in [3.63, 3.8) is 0 Å². The van der Waals surface area contributed by atoms with Crippen molar-refractivity contribution in [3.8, 4) is 11.5 Å². The van der Waals surface area contributed by atoms with Gasteiger partial charge in [0.15, 0.2) is 11.5 Å². The Bertz CT molecular complexity index is 502. The van der Waals surface area contributed by atoms with Gasteiger partial charge in [0.25, 0.3) is 5.91 Å². The van der Waals surface area contributed by atoms with E-state index in [1.165, 1.54) is 12.1 Å². The van der Waals surface area contributed by atoms with E-state index in [9.17, 15) is 15.0 Å². The molecule has 1 saturated heterocycles. The highest BCUT2D eigenvalue weighted by atomic mass is 35.5. The van der Waals surface area contributed by atoms with Crippen LogP contribution in [0.2, 0.25) is 5.02 Å². The molecule has 1 aromatic rings. The molecule has 1 unspecified atom stereocenters. The van der Waals surface area contributed by atoms with Gasteiger partial charge >= 0.3 is 0 Å². The van der Waals surface area contributed by atoms with Crippen LogP contribution >= 0.6 is 11.6 Å². The van der Waals surface area contributed by atoms with Gasteiger partial charge in [-0.05, 0) is 30.4 Å². The third-order valence-corrected chi connectivity index (χ3v) is 4.16. The highest BCUT2D eigenvalue weighted by Crippen LogP contribution is 2.36. The molecule has 0 spiro atoms.